The van der Waals surface area contributed by atoms with Gasteiger partial charge in [0.15, 0.2) is 5.11 Å². The normalized spacial score (nSPS) is 17.3. The quantitative estimate of drug-likeness (QED) is 0.364. The molecule has 10 heteroatoms. The molecule has 0 radical (unpaired) electrons. The summed E-state index contributed by atoms with van der Waals surface area (Å²) in [5.74, 6) is 0. The molecule has 33 heavy (non-hydrogen) atoms. The molecule has 1 aliphatic heterocycles. The number of likely N-dealkylation sites (tertiary alicyclic amines) is 1. The van der Waals surface area contributed by atoms with E-state index in [2.05, 4.69) is 15.5 Å². The molecule has 2 aromatic rings. The Hall–Kier alpha value is -2.33. The van der Waals surface area contributed by atoms with Crippen molar-refractivity contribution in [3.8, 4) is 0 Å². The highest BCUT2D eigenvalue weighted by atomic mass is 32.1. The molecular formula is C23H25F6N3S. The second kappa shape index (κ2) is 10.3. The van der Waals surface area contributed by atoms with Gasteiger partial charge in [0, 0.05) is 11.7 Å². The summed E-state index contributed by atoms with van der Waals surface area (Å²) in [6.45, 7) is 3.86. The van der Waals surface area contributed by atoms with Gasteiger partial charge in [-0.05, 0) is 68.8 Å². The Kier molecular flexibility index (Phi) is 7.89. The molecule has 0 spiro atoms. The van der Waals surface area contributed by atoms with Crippen molar-refractivity contribution < 1.29 is 26.3 Å². The van der Waals surface area contributed by atoms with Crippen molar-refractivity contribution in [3.63, 3.8) is 0 Å². The Morgan fingerprint density at radius 3 is 1.94 bits per heavy atom. The zero-order valence-corrected chi connectivity index (χ0v) is 18.7. The van der Waals surface area contributed by atoms with Crippen LogP contribution in [0.1, 0.15) is 48.9 Å². The third-order valence-corrected chi connectivity index (χ3v) is 5.96. The third-order valence-electron chi connectivity index (χ3n) is 5.74. The van der Waals surface area contributed by atoms with Crippen molar-refractivity contribution in [1.82, 2.24) is 10.2 Å². The van der Waals surface area contributed by atoms with Gasteiger partial charge < -0.3 is 10.6 Å². The Labute approximate surface area is 194 Å². The highest BCUT2D eigenvalue weighted by Gasteiger charge is 2.37. The maximum atomic E-state index is 13.2. The predicted octanol–water partition coefficient (Wildman–Crippen LogP) is 6.63. The highest BCUT2D eigenvalue weighted by molar-refractivity contribution is 7.80. The Balaban J connectivity index is 1.84. The van der Waals surface area contributed by atoms with Crippen LogP contribution in [0.3, 0.4) is 0 Å². The smallest absolute Gasteiger partial charge is 0.354 e. The molecule has 1 heterocycles. The molecule has 2 atom stereocenters. The topological polar surface area (TPSA) is 27.3 Å². The van der Waals surface area contributed by atoms with E-state index in [4.69, 9.17) is 12.2 Å². The van der Waals surface area contributed by atoms with Crippen molar-refractivity contribution in [1.29, 1.82) is 0 Å². The summed E-state index contributed by atoms with van der Waals surface area (Å²) in [6, 6.07) is 10.4. The van der Waals surface area contributed by atoms with Crippen LogP contribution in [0.15, 0.2) is 48.5 Å². The third kappa shape index (κ3) is 6.83. The number of thiocarbonyl (C=S) groups is 1. The van der Waals surface area contributed by atoms with E-state index in [-0.39, 0.29) is 28.9 Å². The number of hydrogen-bond donors (Lipinski definition) is 2. The molecule has 0 bridgehead atoms. The molecule has 1 saturated heterocycles. The van der Waals surface area contributed by atoms with Gasteiger partial charge in [-0.3, -0.25) is 4.90 Å². The van der Waals surface area contributed by atoms with Crippen LogP contribution in [-0.4, -0.2) is 29.1 Å². The first-order chi connectivity index (χ1) is 15.4. The van der Waals surface area contributed by atoms with Gasteiger partial charge in [0.25, 0.3) is 0 Å². The van der Waals surface area contributed by atoms with E-state index >= 15 is 0 Å². The molecule has 2 aromatic carbocycles. The van der Waals surface area contributed by atoms with Crippen LogP contribution in [-0.2, 0) is 12.4 Å². The van der Waals surface area contributed by atoms with Gasteiger partial charge in [-0.25, -0.2) is 0 Å². The van der Waals surface area contributed by atoms with E-state index in [0.29, 0.717) is 12.1 Å². The van der Waals surface area contributed by atoms with Crippen LogP contribution in [0.25, 0.3) is 0 Å². The Bertz CT molecular complexity index is 907. The number of rotatable bonds is 5. The van der Waals surface area contributed by atoms with Crippen LogP contribution < -0.4 is 10.6 Å². The lowest BCUT2D eigenvalue weighted by Gasteiger charge is -2.38. The van der Waals surface area contributed by atoms with Crippen LogP contribution in [0, 0.1) is 0 Å². The molecule has 0 amide bonds. The minimum atomic E-state index is -4.93. The summed E-state index contributed by atoms with van der Waals surface area (Å²) >= 11 is 5.30. The van der Waals surface area contributed by atoms with Crippen molar-refractivity contribution in [3.05, 3.63) is 65.2 Å². The maximum absolute atomic E-state index is 13.2. The van der Waals surface area contributed by atoms with Gasteiger partial charge in [-0.2, -0.15) is 26.3 Å². The average molecular weight is 490 g/mol. The summed E-state index contributed by atoms with van der Waals surface area (Å²) in [5.41, 5.74) is -2.26. The van der Waals surface area contributed by atoms with E-state index in [1.54, 1.807) is 0 Å². The summed E-state index contributed by atoms with van der Waals surface area (Å²) in [4.78, 5) is 2.31. The van der Waals surface area contributed by atoms with Crippen molar-refractivity contribution in [2.75, 3.05) is 18.4 Å². The Morgan fingerprint density at radius 1 is 0.879 bits per heavy atom. The fraction of sp³-hybridized carbons (Fsp3) is 0.435. The van der Waals surface area contributed by atoms with Crippen LogP contribution in [0.4, 0.5) is 32.0 Å². The lowest BCUT2D eigenvalue weighted by Crippen LogP contribution is -2.47. The summed E-state index contributed by atoms with van der Waals surface area (Å²) in [7, 11) is 0. The molecule has 0 aromatic heterocycles. The summed E-state index contributed by atoms with van der Waals surface area (Å²) in [6.07, 6.45) is -6.56. The average Bonchev–Trinajstić information content (AvgIpc) is 2.77. The first kappa shape index (κ1) is 25.3. The number of piperidine rings is 1. The second-order valence-corrected chi connectivity index (χ2v) is 8.53. The fourth-order valence-electron chi connectivity index (χ4n) is 4.01. The highest BCUT2D eigenvalue weighted by Crippen LogP contribution is 2.37. The minimum absolute atomic E-state index is 0.000282. The SMILES string of the molecule is C[C@@H]([C@H](NC(=S)Nc1cc(C(F)(F)F)cc(C(F)(F)F)c1)c1ccccc1)N1CCCCC1. The fourth-order valence-corrected chi connectivity index (χ4v) is 4.26. The Morgan fingerprint density at radius 2 is 1.42 bits per heavy atom. The molecule has 2 N–H and O–H groups in total. The summed E-state index contributed by atoms with van der Waals surface area (Å²) in [5, 5.41) is 5.58. The first-order valence-electron chi connectivity index (χ1n) is 10.6. The summed E-state index contributed by atoms with van der Waals surface area (Å²) < 4.78 is 79.0. The van der Waals surface area contributed by atoms with Crippen LogP contribution >= 0.6 is 12.2 Å². The molecule has 1 fully saturated rings. The lowest BCUT2D eigenvalue weighted by molar-refractivity contribution is -0.143. The minimum Gasteiger partial charge on any atom is -0.354 e. The number of halogens is 6. The number of nitrogens with zero attached hydrogens (tertiary/aromatic N) is 1. The van der Waals surface area contributed by atoms with Crippen molar-refractivity contribution in [2.45, 2.75) is 50.6 Å². The van der Waals surface area contributed by atoms with E-state index in [1.807, 2.05) is 37.3 Å². The van der Waals surface area contributed by atoms with Gasteiger partial charge >= 0.3 is 12.4 Å². The molecule has 3 nitrogen and oxygen atoms in total. The standard InChI is InChI=1S/C23H25F6N3S/c1-15(32-10-6-3-7-11-32)20(16-8-4-2-5-9-16)31-21(33)30-19-13-17(22(24,25)26)12-18(14-19)23(27,28)29/h2,4-5,8-9,12-15,20H,3,6-7,10-11H2,1H3,(H2,30,31,33)/t15-,20-/m0/s1. The molecule has 0 saturated carbocycles. The second-order valence-electron chi connectivity index (χ2n) is 8.12. The number of nitrogens with one attached hydrogen (secondary N) is 2. The lowest BCUT2D eigenvalue weighted by atomic mass is 9.97. The van der Waals surface area contributed by atoms with E-state index in [1.165, 1.54) is 0 Å². The zero-order chi connectivity index (χ0) is 24.2. The van der Waals surface area contributed by atoms with Crippen LogP contribution in [0.2, 0.25) is 0 Å². The van der Waals surface area contributed by atoms with E-state index in [0.717, 1.165) is 37.9 Å². The van der Waals surface area contributed by atoms with Crippen molar-refractivity contribution >= 4 is 23.0 Å². The number of hydrogen-bond acceptors (Lipinski definition) is 2. The monoisotopic (exact) mass is 489 g/mol. The molecule has 0 aliphatic carbocycles. The van der Waals surface area contributed by atoms with E-state index < -0.39 is 23.5 Å². The molecule has 3 rings (SSSR count). The van der Waals surface area contributed by atoms with Crippen LogP contribution in [0.5, 0.6) is 0 Å². The number of benzene rings is 2. The van der Waals surface area contributed by atoms with E-state index in [9.17, 15) is 26.3 Å². The number of alkyl halides is 6. The van der Waals surface area contributed by atoms with Crippen molar-refractivity contribution in [2.24, 2.45) is 0 Å². The molecule has 0 unspecified atom stereocenters. The molecule has 1 aliphatic rings. The van der Waals surface area contributed by atoms with Gasteiger partial charge in [-0.1, -0.05) is 36.8 Å². The molecular weight excluding hydrogens is 464 g/mol. The zero-order valence-electron chi connectivity index (χ0n) is 17.9. The van der Waals surface area contributed by atoms with Gasteiger partial charge in [-0.15, -0.1) is 0 Å². The predicted molar refractivity (Wildman–Crippen MR) is 120 cm³/mol. The van der Waals surface area contributed by atoms with Gasteiger partial charge in [0.1, 0.15) is 0 Å². The number of anilines is 1. The maximum Gasteiger partial charge on any atom is 0.416 e. The largest absolute Gasteiger partial charge is 0.416 e. The van der Waals surface area contributed by atoms with Gasteiger partial charge in [0.2, 0.25) is 0 Å². The molecule has 180 valence electrons. The van der Waals surface area contributed by atoms with Gasteiger partial charge in [0.05, 0.1) is 17.2 Å². The first-order valence-corrected chi connectivity index (χ1v) is 11.0.